The monoisotopic (exact) mass is 280 g/mol. The van der Waals surface area contributed by atoms with Gasteiger partial charge in [-0.25, -0.2) is 0 Å². The fourth-order valence-electron chi connectivity index (χ4n) is 3.16. The summed E-state index contributed by atoms with van der Waals surface area (Å²) in [5.74, 6) is 0.154. The molecule has 5 heteroatoms. The lowest BCUT2D eigenvalue weighted by Crippen LogP contribution is -2.53. The molecular weight excluding hydrogens is 260 g/mol. The number of amides is 1. The lowest BCUT2D eigenvalue weighted by Gasteiger charge is -2.38. The Morgan fingerprint density at radius 2 is 2.05 bits per heavy atom. The predicted octanol–water partition coefficient (Wildman–Crippen LogP) is 1.42. The van der Waals surface area contributed by atoms with Crippen molar-refractivity contribution in [3.05, 3.63) is 22.4 Å². The molecule has 1 aromatic heterocycles. The Hall–Kier alpha value is -0.910. The number of carbonyl (C=O) groups is 1. The maximum absolute atomic E-state index is 12.2. The molecule has 2 atom stereocenters. The Labute approximate surface area is 117 Å². The Kier molecular flexibility index (Phi) is 3.86. The maximum Gasteiger partial charge on any atom is 0.264 e. The first kappa shape index (κ1) is 13.1. The molecule has 1 saturated carbocycles. The van der Waals surface area contributed by atoms with E-state index >= 15 is 0 Å². The van der Waals surface area contributed by atoms with Crippen molar-refractivity contribution in [2.45, 2.75) is 31.4 Å². The van der Waals surface area contributed by atoms with Crippen molar-refractivity contribution >= 4 is 17.2 Å². The fourth-order valence-corrected chi connectivity index (χ4v) is 3.85. The van der Waals surface area contributed by atoms with Gasteiger partial charge < -0.3 is 10.0 Å². The zero-order valence-electron chi connectivity index (χ0n) is 11.0. The third-order valence-electron chi connectivity index (χ3n) is 4.25. The molecule has 1 N–H and O–H groups in total. The van der Waals surface area contributed by atoms with Gasteiger partial charge in [0.05, 0.1) is 11.0 Å². The van der Waals surface area contributed by atoms with Gasteiger partial charge in [-0.3, -0.25) is 9.69 Å². The summed E-state index contributed by atoms with van der Waals surface area (Å²) in [6.45, 7) is 3.33. The van der Waals surface area contributed by atoms with Crippen LogP contribution in [0.25, 0.3) is 0 Å². The van der Waals surface area contributed by atoms with Gasteiger partial charge in [0, 0.05) is 32.2 Å². The Bertz CT molecular complexity index is 427. The molecule has 1 aromatic rings. The van der Waals surface area contributed by atoms with Crippen LogP contribution in [0.4, 0.5) is 0 Å². The topological polar surface area (TPSA) is 43.8 Å². The number of rotatable bonds is 2. The molecule has 3 rings (SSSR count). The van der Waals surface area contributed by atoms with E-state index in [1.165, 1.54) is 11.3 Å². The van der Waals surface area contributed by atoms with Crippen molar-refractivity contribution in [2.75, 3.05) is 26.2 Å². The van der Waals surface area contributed by atoms with Crippen molar-refractivity contribution in [2.24, 2.45) is 0 Å². The molecule has 2 aliphatic rings. The molecule has 0 bridgehead atoms. The highest BCUT2D eigenvalue weighted by Crippen LogP contribution is 2.25. The number of nitrogens with zero attached hydrogens (tertiary/aromatic N) is 2. The van der Waals surface area contributed by atoms with Crippen LogP contribution >= 0.6 is 11.3 Å². The molecule has 1 aliphatic carbocycles. The largest absolute Gasteiger partial charge is 0.391 e. The zero-order valence-corrected chi connectivity index (χ0v) is 11.8. The van der Waals surface area contributed by atoms with Crippen LogP contribution in [0.2, 0.25) is 0 Å². The summed E-state index contributed by atoms with van der Waals surface area (Å²) in [6.07, 6.45) is 2.98. The summed E-state index contributed by atoms with van der Waals surface area (Å²) in [5.41, 5.74) is 0. The molecule has 1 amide bonds. The van der Waals surface area contributed by atoms with E-state index in [2.05, 4.69) is 4.90 Å². The standard InChI is InChI=1S/C14H20N2O2S/c17-12-4-1-3-11(12)15-6-8-16(9-7-15)14(18)13-5-2-10-19-13/h2,5,10-12,17H,1,3-4,6-9H2/t11-,12-/m1/s1. The van der Waals surface area contributed by atoms with Crippen molar-refractivity contribution in [3.63, 3.8) is 0 Å². The predicted molar refractivity (Wildman–Crippen MR) is 75.4 cm³/mol. The van der Waals surface area contributed by atoms with Gasteiger partial charge in [-0.2, -0.15) is 0 Å². The Balaban J connectivity index is 1.56. The van der Waals surface area contributed by atoms with Gasteiger partial charge in [-0.15, -0.1) is 11.3 Å². The number of thiophene rings is 1. The van der Waals surface area contributed by atoms with Crippen LogP contribution in [0.15, 0.2) is 17.5 Å². The van der Waals surface area contributed by atoms with Crippen LogP contribution in [0.1, 0.15) is 28.9 Å². The molecule has 104 valence electrons. The highest BCUT2D eigenvalue weighted by Gasteiger charge is 2.33. The highest BCUT2D eigenvalue weighted by atomic mass is 32.1. The number of carbonyl (C=O) groups excluding carboxylic acids is 1. The fraction of sp³-hybridized carbons (Fsp3) is 0.643. The molecule has 1 saturated heterocycles. The smallest absolute Gasteiger partial charge is 0.264 e. The lowest BCUT2D eigenvalue weighted by molar-refractivity contribution is 0.0318. The summed E-state index contributed by atoms with van der Waals surface area (Å²) in [7, 11) is 0. The summed E-state index contributed by atoms with van der Waals surface area (Å²) in [6, 6.07) is 4.13. The van der Waals surface area contributed by atoms with Crippen LogP contribution in [-0.2, 0) is 0 Å². The van der Waals surface area contributed by atoms with Gasteiger partial charge in [-0.05, 0) is 30.7 Å². The maximum atomic E-state index is 12.2. The third kappa shape index (κ3) is 2.68. The van der Waals surface area contributed by atoms with Gasteiger partial charge in [0.15, 0.2) is 0 Å². The average molecular weight is 280 g/mol. The van der Waals surface area contributed by atoms with Crippen LogP contribution < -0.4 is 0 Å². The highest BCUT2D eigenvalue weighted by molar-refractivity contribution is 7.12. The normalized spacial score (nSPS) is 28.8. The van der Waals surface area contributed by atoms with Crippen LogP contribution in [0, 0.1) is 0 Å². The van der Waals surface area contributed by atoms with E-state index in [1.807, 2.05) is 22.4 Å². The number of hydrogen-bond donors (Lipinski definition) is 1. The van der Waals surface area contributed by atoms with E-state index in [0.717, 1.165) is 50.3 Å². The van der Waals surface area contributed by atoms with Gasteiger partial charge in [0.2, 0.25) is 0 Å². The molecule has 2 fully saturated rings. The number of hydrogen-bond acceptors (Lipinski definition) is 4. The summed E-state index contributed by atoms with van der Waals surface area (Å²) >= 11 is 1.51. The van der Waals surface area contributed by atoms with Crippen LogP contribution in [0.3, 0.4) is 0 Å². The van der Waals surface area contributed by atoms with Crippen molar-refractivity contribution < 1.29 is 9.90 Å². The summed E-state index contributed by atoms with van der Waals surface area (Å²) in [5, 5.41) is 11.9. The molecule has 4 nitrogen and oxygen atoms in total. The summed E-state index contributed by atoms with van der Waals surface area (Å²) < 4.78 is 0. The first-order chi connectivity index (χ1) is 9.25. The number of piperazine rings is 1. The Morgan fingerprint density at radius 1 is 1.26 bits per heavy atom. The second-order valence-corrected chi connectivity index (χ2v) is 6.32. The quantitative estimate of drug-likeness (QED) is 0.891. The van der Waals surface area contributed by atoms with Crippen molar-refractivity contribution in [1.82, 2.24) is 9.80 Å². The molecule has 0 spiro atoms. The SMILES string of the molecule is O=C(c1cccs1)N1CCN([C@@H]2CCC[C@H]2O)CC1. The molecule has 2 heterocycles. The van der Waals surface area contributed by atoms with E-state index in [0.29, 0.717) is 6.04 Å². The summed E-state index contributed by atoms with van der Waals surface area (Å²) in [4.78, 5) is 17.3. The zero-order chi connectivity index (χ0) is 13.2. The van der Waals surface area contributed by atoms with Gasteiger partial charge in [0.1, 0.15) is 0 Å². The van der Waals surface area contributed by atoms with Crippen LogP contribution in [0.5, 0.6) is 0 Å². The van der Waals surface area contributed by atoms with Gasteiger partial charge in [0.25, 0.3) is 5.91 Å². The van der Waals surface area contributed by atoms with Gasteiger partial charge >= 0.3 is 0 Å². The Morgan fingerprint density at radius 3 is 2.63 bits per heavy atom. The number of aliphatic hydroxyl groups is 1. The van der Waals surface area contributed by atoms with Gasteiger partial charge in [-0.1, -0.05) is 6.07 Å². The molecular formula is C14H20N2O2S. The minimum atomic E-state index is -0.167. The molecule has 0 aromatic carbocycles. The molecule has 0 unspecified atom stereocenters. The lowest BCUT2D eigenvalue weighted by atomic mass is 10.1. The average Bonchev–Trinajstić information content (AvgIpc) is 3.09. The molecule has 19 heavy (non-hydrogen) atoms. The second kappa shape index (κ2) is 5.61. The van der Waals surface area contributed by atoms with E-state index < -0.39 is 0 Å². The van der Waals surface area contributed by atoms with E-state index in [4.69, 9.17) is 0 Å². The number of aliphatic hydroxyl groups excluding tert-OH is 1. The van der Waals surface area contributed by atoms with Crippen LogP contribution in [-0.4, -0.2) is 59.1 Å². The third-order valence-corrected chi connectivity index (χ3v) is 5.10. The first-order valence-electron chi connectivity index (χ1n) is 7.00. The van der Waals surface area contributed by atoms with Crippen molar-refractivity contribution in [1.29, 1.82) is 0 Å². The minimum Gasteiger partial charge on any atom is -0.391 e. The van der Waals surface area contributed by atoms with E-state index in [9.17, 15) is 9.90 Å². The van der Waals surface area contributed by atoms with Crippen molar-refractivity contribution in [3.8, 4) is 0 Å². The van der Waals surface area contributed by atoms with E-state index in [1.54, 1.807) is 0 Å². The molecule has 1 aliphatic heterocycles. The minimum absolute atomic E-state index is 0.154. The first-order valence-corrected chi connectivity index (χ1v) is 7.88. The van der Waals surface area contributed by atoms with E-state index in [-0.39, 0.29) is 12.0 Å². The second-order valence-electron chi connectivity index (χ2n) is 5.37. The molecule has 0 radical (unpaired) electrons.